The number of benzene rings is 2. The van der Waals surface area contributed by atoms with Crippen molar-refractivity contribution < 1.29 is 19.1 Å². The molecular formula is C20H18N4O4S. The lowest BCUT2D eigenvalue weighted by Gasteiger charge is -2.14. The maximum atomic E-state index is 12.5. The van der Waals surface area contributed by atoms with Crippen molar-refractivity contribution in [1.82, 2.24) is 15.5 Å². The van der Waals surface area contributed by atoms with E-state index in [0.29, 0.717) is 11.1 Å². The van der Waals surface area contributed by atoms with Crippen molar-refractivity contribution in [1.29, 1.82) is 0 Å². The van der Waals surface area contributed by atoms with Crippen molar-refractivity contribution in [3.8, 4) is 0 Å². The Morgan fingerprint density at radius 3 is 2.10 bits per heavy atom. The number of anilines is 1. The lowest BCUT2D eigenvalue weighted by atomic mass is 10.2. The average Bonchev–Trinajstić information content (AvgIpc) is 3.21. The second kappa shape index (κ2) is 9.56. The predicted octanol–water partition coefficient (Wildman–Crippen LogP) is 2.82. The Kier molecular flexibility index (Phi) is 6.64. The van der Waals surface area contributed by atoms with E-state index in [1.165, 1.54) is 0 Å². The van der Waals surface area contributed by atoms with Crippen LogP contribution in [0, 0.1) is 0 Å². The highest BCUT2D eigenvalue weighted by atomic mass is 32.1. The summed E-state index contributed by atoms with van der Waals surface area (Å²) < 4.78 is 5.05. The van der Waals surface area contributed by atoms with Crippen LogP contribution in [-0.4, -0.2) is 34.6 Å². The van der Waals surface area contributed by atoms with E-state index < -0.39 is 17.9 Å². The van der Waals surface area contributed by atoms with Gasteiger partial charge < -0.3 is 10.1 Å². The summed E-state index contributed by atoms with van der Waals surface area (Å²) in [5, 5.41) is 13.5. The summed E-state index contributed by atoms with van der Waals surface area (Å²) in [5.41, 5.74) is 0.854. The van der Waals surface area contributed by atoms with E-state index in [9.17, 15) is 14.4 Å². The molecule has 2 N–H and O–H groups in total. The molecule has 1 aromatic heterocycles. The number of rotatable bonds is 7. The maximum Gasteiger partial charge on any atom is 0.335 e. The summed E-state index contributed by atoms with van der Waals surface area (Å²) in [5.74, 6) is -1.46. The largest absolute Gasteiger partial charge is 0.464 e. The fourth-order valence-electron chi connectivity index (χ4n) is 2.41. The van der Waals surface area contributed by atoms with Crippen molar-refractivity contribution >= 4 is 34.3 Å². The minimum atomic E-state index is -1.14. The monoisotopic (exact) mass is 410 g/mol. The standard InChI is InChI=1S/C20H18N4O4S/c1-2-28-19(27)15(21-16(25)13-9-5-3-6-10-13)18-23-24-20(29-18)22-17(26)14-11-7-4-8-12-14/h3-12,15H,2H2,1H3,(H,21,25)(H,22,24,26). The van der Waals surface area contributed by atoms with Gasteiger partial charge in [0.15, 0.2) is 11.0 Å². The molecule has 0 saturated heterocycles. The van der Waals surface area contributed by atoms with Crippen LogP contribution in [0.1, 0.15) is 38.7 Å². The van der Waals surface area contributed by atoms with Crippen molar-refractivity contribution in [3.63, 3.8) is 0 Å². The number of amides is 2. The molecule has 0 fully saturated rings. The highest BCUT2D eigenvalue weighted by Gasteiger charge is 2.28. The lowest BCUT2D eigenvalue weighted by molar-refractivity contribution is -0.145. The van der Waals surface area contributed by atoms with E-state index in [2.05, 4.69) is 20.8 Å². The van der Waals surface area contributed by atoms with Gasteiger partial charge in [-0.3, -0.25) is 14.9 Å². The van der Waals surface area contributed by atoms with Gasteiger partial charge in [0, 0.05) is 11.1 Å². The van der Waals surface area contributed by atoms with Gasteiger partial charge >= 0.3 is 5.97 Å². The van der Waals surface area contributed by atoms with Gasteiger partial charge in [-0.1, -0.05) is 47.7 Å². The number of nitrogens with zero attached hydrogens (tertiary/aromatic N) is 2. The van der Waals surface area contributed by atoms with Gasteiger partial charge in [-0.25, -0.2) is 4.79 Å². The van der Waals surface area contributed by atoms with E-state index in [-0.39, 0.29) is 22.7 Å². The lowest BCUT2D eigenvalue weighted by Crippen LogP contribution is -2.35. The molecule has 1 unspecified atom stereocenters. The van der Waals surface area contributed by atoms with Gasteiger partial charge in [-0.05, 0) is 31.2 Å². The molecule has 2 aromatic carbocycles. The number of nitrogens with one attached hydrogen (secondary N) is 2. The van der Waals surface area contributed by atoms with Crippen LogP contribution in [0.5, 0.6) is 0 Å². The van der Waals surface area contributed by atoms with Crippen molar-refractivity contribution in [2.24, 2.45) is 0 Å². The fourth-order valence-corrected chi connectivity index (χ4v) is 3.19. The number of hydrogen-bond donors (Lipinski definition) is 2. The summed E-state index contributed by atoms with van der Waals surface area (Å²) in [6, 6.07) is 16.0. The summed E-state index contributed by atoms with van der Waals surface area (Å²) >= 11 is 0.986. The number of carbonyl (C=O) groups is 3. The second-order valence-electron chi connectivity index (χ2n) is 5.79. The molecule has 2 amide bonds. The molecule has 0 aliphatic rings. The first kappa shape index (κ1) is 20.2. The SMILES string of the molecule is CCOC(=O)C(NC(=O)c1ccccc1)c1nnc(NC(=O)c2ccccc2)s1. The van der Waals surface area contributed by atoms with Gasteiger partial charge in [0.05, 0.1) is 6.61 Å². The minimum absolute atomic E-state index is 0.146. The third kappa shape index (κ3) is 5.23. The van der Waals surface area contributed by atoms with Crippen LogP contribution in [-0.2, 0) is 9.53 Å². The number of hydrogen-bond acceptors (Lipinski definition) is 7. The van der Waals surface area contributed by atoms with E-state index in [4.69, 9.17) is 4.74 Å². The number of ether oxygens (including phenoxy) is 1. The van der Waals surface area contributed by atoms with Crippen molar-refractivity contribution in [2.75, 3.05) is 11.9 Å². The van der Waals surface area contributed by atoms with Crippen LogP contribution in [0.25, 0.3) is 0 Å². The Labute approximate surface area is 170 Å². The Hall–Kier alpha value is -3.59. The van der Waals surface area contributed by atoms with Crippen molar-refractivity contribution in [3.05, 3.63) is 76.8 Å². The molecule has 0 radical (unpaired) electrons. The molecule has 29 heavy (non-hydrogen) atoms. The van der Waals surface area contributed by atoms with Gasteiger partial charge in [0.25, 0.3) is 11.8 Å². The molecule has 0 spiro atoms. The van der Waals surface area contributed by atoms with Crippen LogP contribution < -0.4 is 10.6 Å². The van der Waals surface area contributed by atoms with Crippen LogP contribution in [0.4, 0.5) is 5.13 Å². The first-order valence-corrected chi connectivity index (χ1v) is 9.62. The van der Waals surface area contributed by atoms with E-state index in [1.54, 1.807) is 67.6 Å². The smallest absolute Gasteiger partial charge is 0.335 e. The molecule has 0 aliphatic carbocycles. The van der Waals surface area contributed by atoms with E-state index >= 15 is 0 Å². The number of esters is 1. The molecule has 1 atom stereocenters. The van der Waals surface area contributed by atoms with Gasteiger partial charge in [0.1, 0.15) is 0 Å². The summed E-state index contributed by atoms with van der Waals surface area (Å²) in [6.07, 6.45) is 0. The third-order valence-corrected chi connectivity index (χ3v) is 4.68. The molecule has 148 valence electrons. The molecule has 3 aromatic rings. The zero-order valence-corrected chi connectivity index (χ0v) is 16.3. The molecule has 0 bridgehead atoms. The summed E-state index contributed by atoms with van der Waals surface area (Å²) in [4.78, 5) is 37.1. The average molecular weight is 410 g/mol. The summed E-state index contributed by atoms with van der Waals surface area (Å²) in [6.45, 7) is 1.81. The first-order chi connectivity index (χ1) is 14.1. The van der Waals surface area contributed by atoms with Crippen LogP contribution in [0.15, 0.2) is 60.7 Å². The molecular weight excluding hydrogens is 392 g/mol. The highest BCUT2D eigenvalue weighted by Crippen LogP contribution is 2.24. The van der Waals surface area contributed by atoms with Crippen molar-refractivity contribution in [2.45, 2.75) is 13.0 Å². The Morgan fingerprint density at radius 2 is 1.52 bits per heavy atom. The fraction of sp³-hybridized carbons (Fsp3) is 0.150. The topological polar surface area (TPSA) is 110 Å². The van der Waals surface area contributed by atoms with Crippen LogP contribution in [0.2, 0.25) is 0 Å². The van der Waals surface area contributed by atoms with Gasteiger partial charge in [-0.15, -0.1) is 10.2 Å². The third-order valence-electron chi connectivity index (χ3n) is 3.78. The maximum absolute atomic E-state index is 12.5. The normalized spacial score (nSPS) is 11.3. The molecule has 3 rings (SSSR count). The van der Waals surface area contributed by atoms with E-state index in [0.717, 1.165) is 11.3 Å². The van der Waals surface area contributed by atoms with Crippen LogP contribution in [0.3, 0.4) is 0 Å². The first-order valence-electron chi connectivity index (χ1n) is 8.81. The highest BCUT2D eigenvalue weighted by molar-refractivity contribution is 7.15. The number of aromatic nitrogens is 2. The molecule has 8 nitrogen and oxygen atoms in total. The summed E-state index contributed by atoms with van der Waals surface area (Å²) in [7, 11) is 0. The number of carbonyl (C=O) groups excluding carboxylic acids is 3. The van der Waals surface area contributed by atoms with Gasteiger partial charge in [-0.2, -0.15) is 0 Å². The Bertz CT molecular complexity index is 992. The Balaban J connectivity index is 1.77. The van der Waals surface area contributed by atoms with Gasteiger partial charge in [0.2, 0.25) is 5.13 Å². The van der Waals surface area contributed by atoms with Crippen LogP contribution >= 0.6 is 11.3 Å². The molecule has 0 aliphatic heterocycles. The Morgan fingerprint density at radius 1 is 0.931 bits per heavy atom. The minimum Gasteiger partial charge on any atom is -0.464 e. The quantitative estimate of drug-likeness (QED) is 0.580. The second-order valence-corrected chi connectivity index (χ2v) is 6.80. The van der Waals surface area contributed by atoms with E-state index in [1.807, 2.05) is 0 Å². The molecule has 1 heterocycles. The predicted molar refractivity (Wildman–Crippen MR) is 108 cm³/mol. The zero-order chi connectivity index (χ0) is 20.6. The molecule has 9 heteroatoms. The zero-order valence-electron chi connectivity index (χ0n) is 15.5. The molecule has 0 saturated carbocycles.